The number of hydrogen-bond donors (Lipinski definition) is 0. The van der Waals surface area contributed by atoms with Crippen LogP contribution in [-0.4, -0.2) is 31.9 Å². The second-order valence-electron chi connectivity index (χ2n) is 20.5. The van der Waals surface area contributed by atoms with Crippen LogP contribution in [-0.2, 0) is 5.41 Å². The van der Waals surface area contributed by atoms with Crippen molar-refractivity contribution in [1.82, 2.24) is 0 Å². The summed E-state index contributed by atoms with van der Waals surface area (Å²) in [4.78, 5) is 0. The minimum atomic E-state index is -1.15. The molecule has 0 saturated heterocycles. The molecule has 2 aliphatic carbocycles. The van der Waals surface area contributed by atoms with E-state index >= 15 is 0 Å². The van der Waals surface area contributed by atoms with Crippen molar-refractivity contribution in [3.63, 3.8) is 0 Å². The summed E-state index contributed by atoms with van der Waals surface area (Å²) in [7, 11) is 0. The fraction of sp³-hybridized carbons (Fsp3) is 0.0141. The van der Waals surface area contributed by atoms with E-state index in [1.54, 1.807) is 8.79 Å². The second kappa shape index (κ2) is 15.7. The van der Waals surface area contributed by atoms with Crippen LogP contribution >= 0.6 is 0 Å². The summed E-state index contributed by atoms with van der Waals surface area (Å²) in [5.41, 5.74) is 23.5. The molecule has 13 aromatic carbocycles. The molecule has 0 saturated carbocycles. The van der Waals surface area contributed by atoms with Gasteiger partial charge in [0.2, 0.25) is 0 Å². The topological polar surface area (TPSA) is 0 Å². The molecule has 338 valence electrons. The first-order valence-corrected chi connectivity index (χ1v) is 30.9. The third kappa shape index (κ3) is 5.63. The van der Waals surface area contributed by atoms with Crippen molar-refractivity contribution in [3.8, 4) is 77.9 Å². The van der Waals surface area contributed by atoms with Gasteiger partial charge in [-0.05, 0) is 32.7 Å². The van der Waals surface area contributed by atoms with Crippen LogP contribution in [0.5, 0.6) is 0 Å². The maximum absolute atomic E-state index is 2.56. The molecular formula is C71H46Ge2. The van der Waals surface area contributed by atoms with E-state index in [4.69, 9.17) is 0 Å². The average Bonchev–Trinajstić information content (AvgIpc) is 4.09. The van der Waals surface area contributed by atoms with Gasteiger partial charge < -0.3 is 0 Å². The molecular weight excluding hydrogens is 998 g/mol. The fourth-order valence-electron chi connectivity index (χ4n) is 14.2. The molecule has 0 radical (unpaired) electrons. The molecule has 0 fully saturated rings. The van der Waals surface area contributed by atoms with Crippen LogP contribution in [0.1, 0.15) is 22.3 Å². The zero-order chi connectivity index (χ0) is 47.9. The van der Waals surface area contributed by atoms with Gasteiger partial charge in [-0.2, -0.15) is 0 Å². The summed E-state index contributed by atoms with van der Waals surface area (Å²) in [6, 6.07) is 95.7. The van der Waals surface area contributed by atoms with Crippen LogP contribution in [0.15, 0.2) is 249 Å². The van der Waals surface area contributed by atoms with Crippen LogP contribution in [0.2, 0.25) is 0 Å². The molecule has 13 aromatic rings. The van der Waals surface area contributed by atoms with Gasteiger partial charge in [-0.1, -0.05) is 78.9 Å². The van der Waals surface area contributed by atoms with Crippen LogP contribution in [0.3, 0.4) is 0 Å². The van der Waals surface area contributed by atoms with Crippen molar-refractivity contribution in [2.24, 2.45) is 0 Å². The van der Waals surface area contributed by atoms with Crippen molar-refractivity contribution in [2.75, 3.05) is 0 Å². The van der Waals surface area contributed by atoms with Gasteiger partial charge in [-0.15, -0.1) is 0 Å². The van der Waals surface area contributed by atoms with E-state index < -0.39 is 20.8 Å². The number of benzene rings is 13. The standard InChI is InChI=1S/C71H46Ge2/c72-63-38-13-9-23-48(63)43-20-2-1-19-42(43)46-29-15-31-51-58(46)41-59-47(49-33-18-40-65-68(49)56-28-10-14-39-64(56)73-65)30-16-32-52(59)66(51)57-34-17-37-62-67(57)54-26-7-11-35-60(54)71(62)61-36-12-8-27-55(61)69-50-24-5-3-21-44(50)45-22-4-6-25-53(45)70(69)71/h1-41H,73H2,72H3. The first-order valence-electron chi connectivity index (χ1n) is 25.8. The van der Waals surface area contributed by atoms with Crippen LogP contribution in [0.4, 0.5) is 0 Å². The molecule has 2 heteroatoms. The van der Waals surface area contributed by atoms with Crippen molar-refractivity contribution in [1.29, 1.82) is 0 Å². The van der Waals surface area contributed by atoms with Gasteiger partial charge in [0.15, 0.2) is 0 Å². The van der Waals surface area contributed by atoms with Crippen molar-refractivity contribution in [3.05, 3.63) is 271 Å². The molecule has 73 heavy (non-hydrogen) atoms. The first kappa shape index (κ1) is 41.6. The van der Waals surface area contributed by atoms with Gasteiger partial charge in [0.25, 0.3) is 0 Å². The van der Waals surface area contributed by atoms with Gasteiger partial charge in [-0.3, -0.25) is 0 Å². The molecule has 1 heterocycles. The Labute approximate surface area is 439 Å². The van der Waals surface area contributed by atoms with Crippen LogP contribution in [0, 0.1) is 0 Å². The van der Waals surface area contributed by atoms with E-state index in [2.05, 4.69) is 249 Å². The SMILES string of the molecule is [GeH3][c]1ccccc1-c1ccccc1-c1cccc2c(-c3cccc4c3-c3ccccc3C43c4ccccc4-c4c3c3ccccc3c3ccccc43)c3cccc(-c4ccc[c]5c4-c4cccc[c]4[GeH2]5)c3cc12. The van der Waals surface area contributed by atoms with E-state index in [0.717, 1.165) is 0 Å². The Balaban J connectivity index is 1.06. The Morgan fingerprint density at radius 1 is 0.247 bits per heavy atom. The minimum absolute atomic E-state index is 0.521. The summed E-state index contributed by atoms with van der Waals surface area (Å²) < 4.78 is 4.64. The summed E-state index contributed by atoms with van der Waals surface area (Å²) in [5, 5.41) is 10.4. The van der Waals surface area contributed by atoms with Crippen molar-refractivity contribution >= 4 is 88.2 Å². The molecule has 0 amide bonds. The van der Waals surface area contributed by atoms with E-state index in [-0.39, 0.29) is 0 Å². The van der Waals surface area contributed by atoms with Gasteiger partial charge in [0.1, 0.15) is 0 Å². The van der Waals surface area contributed by atoms with Crippen LogP contribution in [0.25, 0.3) is 121 Å². The zero-order valence-electron chi connectivity index (χ0n) is 40.4. The Kier molecular flexibility index (Phi) is 8.97. The third-order valence-electron chi connectivity index (χ3n) is 17.0. The molecule has 16 rings (SSSR count). The van der Waals surface area contributed by atoms with Crippen molar-refractivity contribution < 1.29 is 0 Å². The Morgan fingerprint density at radius 3 is 1.38 bits per heavy atom. The predicted octanol–water partition coefficient (Wildman–Crippen LogP) is 14.4. The van der Waals surface area contributed by atoms with Gasteiger partial charge in [0, 0.05) is 0 Å². The zero-order valence-corrected chi connectivity index (χ0v) is 47.5. The van der Waals surface area contributed by atoms with Crippen LogP contribution < -0.4 is 13.2 Å². The quantitative estimate of drug-likeness (QED) is 0.0936. The number of fused-ring (bicyclic) bond motifs is 20. The Morgan fingerprint density at radius 2 is 0.671 bits per heavy atom. The maximum atomic E-state index is 2.56. The van der Waals surface area contributed by atoms with E-state index in [1.807, 2.05) is 0 Å². The summed E-state index contributed by atoms with van der Waals surface area (Å²) in [5.74, 6) is 0. The summed E-state index contributed by atoms with van der Waals surface area (Å²) >= 11 is -0.628. The molecule has 0 N–H and O–H groups in total. The molecule has 0 aromatic heterocycles. The van der Waals surface area contributed by atoms with E-state index in [9.17, 15) is 0 Å². The number of hydrogen-bond acceptors (Lipinski definition) is 0. The molecule has 0 bridgehead atoms. The van der Waals surface area contributed by atoms with E-state index in [1.165, 1.54) is 148 Å². The normalized spacial score (nSPS) is 15.0. The average molecular weight is 1040 g/mol. The van der Waals surface area contributed by atoms with E-state index in [0.29, 0.717) is 16.5 Å². The monoisotopic (exact) mass is 1050 g/mol. The second-order valence-corrected chi connectivity index (χ2v) is 26.7. The Bertz CT molecular complexity index is 4560. The molecule has 1 spiro atoms. The summed E-state index contributed by atoms with van der Waals surface area (Å²) in [6.45, 7) is 0. The third-order valence-corrected chi connectivity index (χ3v) is 23.0. The van der Waals surface area contributed by atoms with Gasteiger partial charge in [0.05, 0.1) is 0 Å². The molecule has 1 unspecified atom stereocenters. The predicted molar refractivity (Wildman–Crippen MR) is 317 cm³/mol. The van der Waals surface area contributed by atoms with Gasteiger partial charge in [-0.25, -0.2) is 0 Å². The molecule has 0 nitrogen and oxygen atoms in total. The Hall–Kier alpha value is -8.01. The first-order chi connectivity index (χ1) is 36.2. The van der Waals surface area contributed by atoms with Gasteiger partial charge >= 0.3 is 331 Å². The molecule has 3 aliphatic rings. The summed E-state index contributed by atoms with van der Waals surface area (Å²) in [6.07, 6.45) is 0. The molecule has 1 atom stereocenters. The molecule has 1 aliphatic heterocycles. The fourth-order valence-corrected chi connectivity index (χ4v) is 19.7. The number of rotatable bonds is 4. The van der Waals surface area contributed by atoms with Crippen molar-refractivity contribution in [2.45, 2.75) is 5.41 Å².